The molecule has 2 unspecified atom stereocenters. The monoisotopic (exact) mass is 391 g/mol. The molecule has 0 radical (unpaired) electrons. The summed E-state index contributed by atoms with van der Waals surface area (Å²) in [5, 5.41) is 1.67. The molecule has 4 atom stereocenters. The molecule has 0 amide bonds. The summed E-state index contributed by atoms with van der Waals surface area (Å²) in [5.41, 5.74) is 1.41. The van der Waals surface area contributed by atoms with Gasteiger partial charge in [-0.1, -0.05) is 41.4 Å². The molecule has 4 heteroatoms. The summed E-state index contributed by atoms with van der Waals surface area (Å²) in [5.74, 6) is 2.37. The second-order valence-electron chi connectivity index (χ2n) is 7.29. The lowest BCUT2D eigenvalue weighted by Crippen LogP contribution is -2.46. The van der Waals surface area contributed by atoms with Crippen molar-refractivity contribution in [3.05, 3.63) is 64.1 Å². The summed E-state index contributed by atoms with van der Waals surface area (Å²) >= 11 is 14.4. The van der Waals surface area contributed by atoms with Gasteiger partial charge >= 0.3 is 0 Å². The maximum atomic E-state index is 6.29. The van der Waals surface area contributed by atoms with Crippen molar-refractivity contribution in [1.82, 2.24) is 4.90 Å². The van der Waals surface area contributed by atoms with Crippen molar-refractivity contribution in [2.24, 2.45) is 5.92 Å². The van der Waals surface area contributed by atoms with Gasteiger partial charge in [0.1, 0.15) is 0 Å². The van der Waals surface area contributed by atoms with Gasteiger partial charge in [-0.05, 0) is 74.0 Å². The molecule has 132 valence electrons. The van der Waals surface area contributed by atoms with Gasteiger partial charge in [0.05, 0.1) is 0 Å². The van der Waals surface area contributed by atoms with Gasteiger partial charge in [-0.2, -0.15) is 0 Å². The van der Waals surface area contributed by atoms with Crippen LogP contribution in [0.4, 0.5) is 0 Å². The second-order valence-corrected chi connectivity index (χ2v) is 9.26. The number of benzene rings is 2. The Balaban J connectivity index is 1.58. The molecule has 2 aliphatic rings. The number of hydrogen-bond acceptors (Lipinski definition) is 2. The first kappa shape index (κ1) is 17.7. The quantitative estimate of drug-likeness (QED) is 0.558. The van der Waals surface area contributed by atoms with Gasteiger partial charge in [0.25, 0.3) is 0 Å². The van der Waals surface area contributed by atoms with E-state index in [1.165, 1.54) is 29.7 Å². The van der Waals surface area contributed by atoms with Crippen LogP contribution < -0.4 is 0 Å². The van der Waals surface area contributed by atoms with E-state index in [1.807, 2.05) is 30.0 Å². The molecule has 2 saturated heterocycles. The Hall–Kier alpha value is -0.670. The molecule has 2 heterocycles. The molecular weight excluding hydrogens is 369 g/mol. The summed E-state index contributed by atoms with van der Waals surface area (Å²) < 4.78 is 0. The van der Waals surface area contributed by atoms with E-state index >= 15 is 0 Å². The minimum atomic E-state index is 0.596. The molecule has 25 heavy (non-hydrogen) atoms. The zero-order valence-electron chi connectivity index (χ0n) is 14.4. The van der Waals surface area contributed by atoms with Crippen LogP contribution in [0, 0.1) is 5.92 Å². The molecule has 1 nitrogen and oxygen atoms in total. The molecular formula is C21H23Cl2NS. The molecule has 2 aromatic rings. The van der Waals surface area contributed by atoms with Gasteiger partial charge in [-0.3, -0.25) is 0 Å². The standard InChI is InChI=1S/C21H23Cl2NS/c1-24-17-8-9-21(24)20(13-25-18-7-3-6-16(23)11-18)19(12-17)14-4-2-5-15(22)10-14/h2-7,10-11,17,19-21H,8-9,12-13H2,1H3/t17?,19-,20-,21?/m0/s1. The number of piperidine rings is 1. The Bertz CT molecular complexity index is 750. The van der Waals surface area contributed by atoms with Crippen molar-refractivity contribution in [2.45, 2.75) is 42.2 Å². The van der Waals surface area contributed by atoms with Crippen LogP contribution in [0.15, 0.2) is 53.4 Å². The molecule has 2 aliphatic heterocycles. The third kappa shape index (κ3) is 3.73. The number of fused-ring (bicyclic) bond motifs is 2. The van der Waals surface area contributed by atoms with Crippen molar-refractivity contribution in [3.63, 3.8) is 0 Å². The predicted molar refractivity (Wildman–Crippen MR) is 109 cm³/mol. The van der Waals surface area contributed by atoms with Gasteiger partial charge < -0.3 is 4.90 Å². The molecule has 2 aromatic carbocycles. The number of rotatable bonds is 4. The van der Waals surface area contributed by atoms with E-state index in [4.69, 9.17) is 23.2 Å². The molecule has 0 N–H and O–H groups in total. The van der Waals surface area contributed by atoms with E-state index in [0.717, 1.165) is 21.8 Å². The molecule has 0 saturated carbocycles. The van der Waals surface area contributed by atoms with Crippen LogP contribution in [0.1, 0.15) is 30.7 Å². The number of hydrogen-bond donors (Lipinski definition) is 0. The first-order chi connectivity index (χ1) is 12.1. The highest BCUT2D eigenvalue weighted by Gasteiger charge is 2.45. The fourth-order valence-electron chi connectivity index (χ4n) is 4.67. The van der Waals surface area contributed by atoms with Crippen LogP contribution in [-0.4, -0.2) is 29.8 Å². The average molecular weight is 392 g/mol. The fourth-order valence-corrected chi connectivity index (χ4v) is 6.35. The zero-order chi connectivity index (χ0) is 17.4. The maximum absolute atomic E-state index is 6.29. The predicted octanol–water partition coefficient (Wildman–Crippen LogP) is 6.35. The van der Waals surface area contributed by atoms with E-state index in [9.17, 15) is 0 Å². The highest BCUT2D eigenvalue weighted by molar-refractivity contribution is 7.99. The Morgan fingerprint density at radius 1 is 1.04 bits per heavy atom. The third-order valence-corrected chi connectivity index (χ3v) is 7.56. The Morgan fingerprint density at radius 3 is 2.56 bits per heavy atom. The van der Waals surface area contributed by atoms with Gasteiger partial charge in [0.2, 0.25) is 0 Å². The lowest BCUT2D eigenvalue weighted by Gasteiger charge is -2.43. The Kier molecular flexibility index (Phi) is 5.33. The first-order valence-electron chi connectivity index (χ1n) is 8.97. The molecule has 0 aliphatic carbocycles. The van der Waals surface area contributed by atoms with Gasteiger partial charge in [-0.25, -0.2) is 0 Å². The van der Waals surface area contributed by atoms with Crippen LogP contribution in [0.2, 0.25) is 10.0 Å². The van der Waals surface area contributed by atoms with E-state index in [-0.39, 0.29) is 0 Å². The molecule has 4 rings (SSSR count). The normalized spacial score (nSPS) is 29.1. The van der Waals surface area contributed by atoms with Crippen molar-refractivity contribution >= 4 is 35.0 Å². The van der Waals surface area contributed by atoms with E-state index in [0.29, 0.717) is 17.9 Å². The lowest BCUT2D eigenvalue weighted by atomic mass is 9.77. The van der Waals surface area contributed by atoms with Crippen LogP contribution in [0.5, 0.6) is 0 Å². The minimum absolute atomic E-state index is 0.596. The summed E-state index contributed by atoms with van der Waals surface area (Å²) in [7, 11) is 2.31. The SMILES string of the molecule is CN1C2CCC1[C@@H](CSc1cccc(Cl)c1)[C@H](c1cccc(Cl)c1)C2. The van der Waals surface area contributed by atoms with E-state index in [1.54, 1.807) is 0 Å². The van der Waals surface area contributed by atoms with E-state index < -0.39 is 0 Å². The van der Waals surface area contributed by atoms with E-state index in [2.05, 4.69) is 42.3 Å². The summed E-state index contributed by atoms with van der Waals surface area (Å²) in [6.07, 6.45) is 3.89. The summed E-state index contributed by atoms with van der Waals surface area (Å²) in [6.45, 7) is 0. The lowest BCUT2D eigenvalue weighted by molar-refractivity contribution is 0.112. The second kappa shape index (κ2) is 7.52. The first-order valence-corrected chi connectivity index (χ1v) is 10.7. The van der Waals surface area contributed by atoms with Gasteiger partial charge in [0.15, 0.2) is 0 Å². The fraction of sp³-hybridized carbons (Fsp3) is 0.429. The van der Waals surface area contributed by atoms with Crippen LogP contribution in [0.3, 0.4) is 0 Å². The van der Waals surface area contributed by atoms with Crippen molar-refractivity contribution < 1.29 is 0 Å². The minimum Gasteiger partial charge on any atom is -0.300 e. The maximum Gasteiger partial charge on any atom is 0.0417 e. The van der Waals surface area contributed by atoms with Crippen molar-refractivity contribution in [1.29, 1.82) is 0 Å². The third-order valence-electron chi connectivity index (χ3n) is 5.95. The number of halogens is 2. The molecule has 0 aromatic heterocycles. The summed E-state index contributed by atoms with van der Waals surface area (Å²) in [6, 6.07) is 18.1. The number of thioether (sulfide) groups is 1. The average Bonchev–Trinajstić information content (AvgIpc) is 2.84. The Morgan fingerprint density at radius 2 is 1.80 bits per heavy atom. The van der Waals surface area contributed by atoms with Crippen LogP contribution >= 0.6 is 35.0 Å². The topological polar surface area (TPSA) is 3.24 Å². The van der Waals surface area contributed by atoms with Crippen LogP contribution in [0.25, 0.3) is 0 Å². The zero-order valence-corrected chi connectivity index (χ0v) is 16.7. The largest absolute Gasteiger partial charge is 0.300 e. The van der Waals surface area contributed by atoms with Gasteiger partial charge in [-0.15, -0.1) is 11.8 Å². The molecule has 2 bridgehead atoms. The van der Waals surface area contributed by atoms with Crippen molar-refractivity contribution in [2.75, 3.05) is 12.8 Å². The van der Waals surface area contributed by atoms with Gasteiger partial charge in [0, 0.05) is 32.8 Å². The molecule has 0 spiro atoms. The molecule has 2 fully saturated rings. The van der Waals surface area contributed by atoms with Crippen molar-refractivity contribution in [3.8, 4) is 0 Å². The Labute approximate surface area is 164 Å². The smallest absolute Gasteiger partial charge is 0.0417 e. The van der Waals surface area contributed by atoms with Crippen LogP contribution in [-0.2, 0) is 0 Å². The highest BCUT2D eigenvalue weighted by atomic mass is 35.5. The highest BCUT2D eigenvalue weighted by Crippen LogP contribution is 2.48. The summed E-state index contributed by atoms with van der Waals surface area (Å²) in [4.78, 5) is 3.89. The number of nitrogens with zero attached hydrogens (tertiary/aromatic N) is 1.